The van der Waals surface area contributed by atoms with Crippen LogP contribution in [-0.4, -0.2) is 46.6 Å². The van der Waals surface area contributed by atoms with E-state index in [1.807, 2.05) is 121 Å². The molecule has 0 bridgehead atoms. The molecule has 0 spiro atoms. The number of benzene rings is 6. The molecule has 0 aliphatic heterocycles. The topological polar surface area (TPSA) is 93.1 Å². The van der Waals surface area contributed by atoms with Crippen LogP contribution in [0.4, 0.5) is 9.59 Å². The number of thioether (sulfide) groups is 1. The molecule has 1 aliphatic rings. The van der Waals surface area contributed by atoms with Crippen molar-refractivity contribution in [2.75, 3.05) is 12.4 Å². The van der Waals surface area contributed by atoms with Gasteiger partial charge in [-0.3, -0.25) is 0 Å². The lowest BCUT2D eigenvalue weighted by atomic mass is 9.84. The fraction of sp³-hybridized carbons (Fsp3) is 0.152. The van der Waals surface area contributed by atoms with Gasteiger partial charge in [0.05, 0.1) is 4.75 Å². The van der Waals surface area contributed by atoms with Crippen LogP contribution in [0.1, 0.15) is 45.7 Å². The van der Waals surface area contributed by atoms with E-state index in [1.165, 1.54) is 0 Å². The molecule has 270 valence electrons. The molecule has 0 saturated heterocycles. The number of carboxylic acids is 1. The second-order valence-electron chi connectivity index (χ2n) is 13.0. The van der Waals surface area contributed by atoms with Gasteiger partial charge in [0.15, 0.2) is 0 Å². The number of carbonyl (C=O) groups excluding carboxylic acids is 2. The highest BCUT2D eigenvalue weighted by molar-refractivity contribution is 8.00. The van der Waals surface area contributed by atoms with Gasteiger partial charge in [-0.25, -0.2) is 14.4 Å². The number of ether oxygens (including phenoxy) is 2. The summed E-state index contributed by atoms with van der Waals surface area (Å²) >= 11 is 1.55. The molecule has 1 N–H and O–H groups in total. The van der Waals surface area contributed by atoms with E-state index in [-0.39, 0.29) is 31.3 Å². The monoisotopic (exact) mass is 733 g/mol. The molecule has 1 aliphatic carbocycles. The molecular weight excluding hydrogens is 695 g/mol. The van der Waals surface area contributed by atoms with E-state index in [2.05, 4.69) is 36.4 Å². The maximum atomic E-state index is 14.1. The Morgan fingerprint density at radius 1 is 0.593 bits per heavy atom. The van der Waals surface area contributed by atoms with Crippen LogP contribution in [0.5, 0.6) is 0 Å². The standard InChI is InChI=1S/C46H39NO6S/c48-43(49)42(29-30-54-46(34-19-7-2-8-20-34,35-21-9-3-10-22-35)36-23-11-4-12-24-36)47(44(50)52-31-33-17-5-1-6-18-33)45(51)53-32-41-39-27-15-13-25-37(39)38-26-14-16-28-40(38)41/h1-28,41-42H,29-32H2,(H,48,49)/t42-/m0/s1. The summed E-state index contributed by atoms with van der Waals surface area (Å²) in [6.45, 7) is -0.234. The highest BCUT2D eigenvalue weighted by Crippen LogP contribution is 2.49. The molecular formula is C46H39NO6S. The Morgan fingerprint density at radius 3 is 1.50 bits per heavy atom. The number of nitrogens with zero attached hydrogens (tertiary/aromatic N) is 1. The first-order chi connectivity index (χ1) is 26.5. The fourth-order valence-corrected chi connectivity index (χ4v) is 8.79. The molecule has 7 rings (SSSR count). The van der Waals surface area contributed by atoms with Crippen molar-refractivity contribution < 1.29 is 29.0 Å². The number of carboxylic acid groups (broad SMARTS) is 1. The summed E-state index contributed by atoms with van der Waals surface area (Å²) < 4.78 is 10.7. The molecule has 6 aromatic carbocycles. The maximum absolute atomic E-state index is 14.1. The lowest BCUT2D eigenvalue weighted by molar-refractivity contribution is -0.142. The first-order valence-corrected chi connectivity index (χ1v) is 18.8. The van der Waals surface area contributed by atoms with Gasteiger partial charge in [0, 0.05) is 5.92 Å². The molecule has 8 heteroatoms. The molecule has 0 heterocycles. The summed E-state index contributed by atoms with van der Waals surface area (Å²) in [5.41, 5.74) is 7.81. The van der Waals surface area contributed by atoms with Crippen molar-refractivity contribution in [1.82, 2.24) is 4.90 Å². The maximum Gasteiger partial charge on any atom is 0.420 e. The van der Waals surface area contributed by atoms with Gasteiger partial charge >= 0.3 is 18.2 Å². The Bertz CT molecular complexity index is 2060. The van der Waals surface area contributed by atoms with Crippen molar-refractivity contribution >= 4 is 29.9 Å². The normalized spacial score (nSPS) is 12.6. The van der Waals surface area contributed by atoms with Gasteiger partial charge in [0.2, 0.25) is 0 Å². The summed E-state index contributed by atoms with van der Waals surface area (Å²) in [7, 11) is 0. The minimum absolute atomic E-state index is 0.0706. The summed E-state index contributed by atoms with van der Waals surface area (Å²) in [4.78, 5) is 41.7. The molecule has 1 atom stereocenters. The van der Waals surface area contributed by atoms with Gasteiger partial charge in [0.1, 0.15) is 19.3 Å². The molecule has 54 heavy (non-hydrogen) atoms. The van der Waals surface area contributed by atoms with E-state index < -0.39 is 28.9 Å². The first-order valence-electron chi connectivity index (χ1n) is 17.9. The van der Waals surface area contributed by atoms with Gasteiger partial charge < -0.3 is 14.6 Å². The van der Waals surface area contributed by atoms with Crippen LogP contribution in [0, 0.1) is 0 Å². The molecule has 0 fully saturated rings. The molecule has 0 aromatic heterocycles. The number of fused-ring (bicyclic) bond motifs is 3. The van der Waals surface area contributed by atoms with Crippen molar-refractivity contribution in [3.63, 3.8) is 0 Å². The van der Waals surface area contributed by atoms with E-state index >= 15 is 0 Å². The van der Waals surface area contributed by atoms with Crippen molar-refractivity contribution in [2.24, 2.45) is 0 Å². The molecule has 0 unspecified atom stereocenters. The molecule has 6 aromatic rings. The Morgan fingerprint density at radius 2 is 1.02 bits per heavy atom. The number of carbonyl (C=O) groups is 3. The minimum Gasteiger partial charge on any atom is -0.480 e. The number of aliphatic carboxylic acids is 1. The van der Waals surface area contributed by atoms with E-state index in [0.717, 1.165) is 38.9 Å². The van der Waals surface area contributed by atoms with Crippen LogP contribution >= 0.6 is 11.8 Å². The van der Waals surface area contributed by atoms with Gasteiger partial charge in [-0.1, -0.05) is 170 Å². The zero-order chi connectivity index (χ0) is 37.3. The molecule has 0 saturated carbocycles. The number of rotatable bonds is 13. The van der Waals surface area contributed by atoms with Crippen LogP contribution in [0.25, 0.3) is 11.1 Å². The lowest BCUT2D eigenvalue weighted by Crippen LogP contribution is -2.49. The molecule has 2 amide bonds. The second-order valence-corrected chi connectivity index (χ2v) is 14.3. The van der Waals surface area contributed by atoms with Crippen molar-refractivity contribution in [3.8, 4) is 11.1 Å². The number of imide groups is 1. The minimum atomic E-state index is -1.57. The quantitative estimate of drug-likeness (QED) is 0.118. The highest BCUT2D eigenvalue weighted by atomic mass is 32.2. The van der Waals surface area contributed by atoms with E-state index in [1.54, 1.807) is 23.9 Å². The van der Waals surface area contributed by atoms with Crippen molar-refractivity contribution in [3.05, 3.63) is 203 Å². The predicted molar refractivity (Wildman–Crippen MR) is 211 cm³/mol. The van der Waals surface area contributed by atoms with Crippen molar-refractivity contribution in [1.29, 1.82) is 0 Å². The zero-order valence-corrected chi connectivity index (χ0v) is 30.3. The number of amides is 2. The second kappa shape index (κ2) is 16.7. The predicted octanol–water partition coefficient (Wildman–Crippen LogP) is 10.1. The lowest BCUT2D eigenvalue weighted by Gasteiger charge is -2.36. The Balaban J connectivity index is 1.18. The van der Waals surface area contributed by atoms with Crippen LogP contribution < -0.4 is 0 Å². The van der Waals surface area contributed by atoms with Gasteiger partial charge in [-0.15, -0.1) is 11.8 Å². The van der Waals surface area contributed by atoms with Crippen LogP contribution in [0.2, 0.25) is 0 Å². The SMILES string of the molecule is O=C(O)[C@H](CCSC(c1ccccc1)(c1ccccc1)c1ccccc1)N(C(=O)OCc1ccccc1)C(=O)OCC1c2ccccc2-c2ccccc21. The van der Waals surface area contributed by atoms with E-state index in [9.17, 15) is 19.5 Å². The largest absolute Gasteiger partial charge is 0.480 e. The third-order valence-electron chi connectivity index (χ3n) is 9.78. The summed E-state index contributed by atoms with van der Waals surface area (Å²) in [6.07, 6.45) is -2.24. The Hall–Kier alpha value is -6.12. The third kappa shape index (κ3) is 7.52. The first kappa shape index (κ1) is 36.2. The van der Waals surface area contributed by atoms with Crippen LogP contribution in [0.3, 0.4) is 0 Å². The average Bonchev–Trinajstić information content (AvgIpc) is 3.55. The average molecular weight is 734 g/mol. The highest BCUT2D eigenvalue weighted by Gasteiger charge is 2.41. The Labute approximate surface area is 319 Å². The third-order valence-corrected chi connectivity index (χ3v) is 11.4. The molecule has 7 nitrogen and oxygen atoms in total. The number of hydrogen-bond acceptors (Lipinski definition) is 6. The van der Waals surface area contributed by atoms with Crippen LogP contribution in [0.15, 0.2) is 170 Å². The summed E-state index contributed by atoms with van der Waals surface area (Å²) in [6, 6.07) is 53.5. The fourth-order valence-electron chi connectivity index (χ4n) is 7.24. The Kier molecular flexibility index (Phi) is 11.2. The van der Waals surface area contributed by atoms with Gasteiger partial charge in [-0.05, 0) is 56.7 Å². The van der Waals surface area contributed by atoms with Gasteiger partial charge in [0.25, 0.3) is 0 Å². The van der Waals surface area contributed by atoms with Crippen LogP contribution in [-0.2, 0) is 25.6 Å². The smallest absolute Gasteiger partial charge is 0.420 e. The summed E-state index contributed by atoms with van der Waals surface area (Å²) in [5.74, 6) is -1.37. The zero-order valence-electron chi connectivity index (χ0n) is 29.5. The van der Waals surface area contributed by atoms with E-state index in [0.29, 0.717) is 10.5 Å². The van der Waals surface area contributed by atoms with Gasteiger partial charge in [-0.2, -0.15) is 4.90 Å². The van der Waals surface area contributed by atoms with E-state index in [4.69, 9.17) is 9.47 Å². The summed E-state index contributed by atoms with van der Waals surface area (Å²) in [5, 5.41) is 10.7. The number of hydrogen-bond donors (Lipinski definition) is 1. The molecule has 0 radical (unpaired) electrons. The van der Waals surface area contributed by atoms with Crippen molar-refractivity contribution in [2.45, 2.75) is 29.7 Å².